The molecule has 0 aliphatic carbocycles. The van der Waals surface area contributed by atoms with Gasteiger partial charge in [-0.05, 0) is 19.1 Å². The van der Waals surface area contributed by atoms with E-state index in [9.17, 15) is 9.90 Å². The predicted molar refractivity (Wildman–Crippen MR) is 75.6 cm³/mol. The van der Waals surface area contributed by atoms with E-state index in [-0.39, 0.29) is 5.91 Å². The summed E-state index contributed by atoms with van der Waals surface area (Å²) in [6.45, 7) is 2.28. The molecule has 5 heteroatoms. The van der Waals surface area contributed by atoms with E-state index in [2.05, 4.69) is 5.32 Å². The molecule has 0 unspecified atom stereocenters. The number of carbonyl (C=O) groups is 1. The standard InChI is InChI=1S/C14H22N2O3/c1-10(17)14-11(6-5-7-12(14)19-4)16(3)9-8-13(18)15-2/h5-7,10,17H,8-9H2,1-4H3,(H,15,18)/t10-/m1/s1. The number of nitrogens with zero attached hydrogens (tertiary/aromatic N) is 1. The van der Waals surface area contributed by atoms with E-state index in [1.165, 1.54) is 0 Å². The van der Waals surface area contributed by atoms with Crippen molar-refractivity contribution >= 4 is 11.6 Å². The van der Waals surface area contributed by atoms with Crippen LogP contribution < -0.4 is 15.0 Å². The van der Waals surface area contributed by atoms with Crippen LogP contribution in [0.4, 0.5) is 5.69 Å². The molecular formula is C14H22N2O3. The highest BCUT2D eigenvalue weighted by atomic mass is 16.5. The van der Waals surface area contributed by atoms with Gasteiger partial charge in [-0.1, -0.05) is 6.07 Å². The second-order valence-electron chi connectivity index (χ2n) is 4.41. The molecule has 19 heavy (non-hydrogen) atoms. The van der Waals surface area contributed by atoms with Gasteiger partial charge in [0.1, 0.15) is 5.75 Å². The summed E-state index contributed by atoms with van der Waals surface area (Å²) in [4.78, 5) is 13.2. The Labute approximate surface area is 114 Å². The molecule has 0 aliphatic rings. The maximum atomic E-state index is 11.3. The molecule has 0 saturated heterocycles. The number of amides is 1. The number of aliphatic hydroxyl groups excluding tert-OH is 1. The number of methoxy groups -OCH3 is 1. The largest absolute Gasteiger partial charge is 0.496 e. The normalized spacial score (nSPS) is 11.8. The van der Waals surface area contributed by atoms with Crippen LogP contribution in [0.5, 0.6) is 5.75 Å². The maximum absolute atomic E-state index is 11.3. The van der Waals surface area contributed by atoms with Gasteiger partial charge in [-0.25, -0.2) is 0 Å². The molecule has 2 N–H and O–H groups in total. The van der Waals surface area contributed by atoms with Gasteiger partial charge in [0.25, 0.3) is 0 Å². The lowest BCUT2D eigenvalue weighted by molar-refractivity contribution is -0.120. The molecule has 5 nitrogen and oxygen atoms in total. The summed E-state index contributed by atoms with van der Waals surface area (Å²) in [5, 5.41) is 12.5. The minimum atomic E-state index is -0.631. The van der Waals surface area contributed by atoms with E-state index in [0.717, 1.165) is 11.3 Å². The number of carbonyl (C=O) groups excluding carboxylic acids is 1. The molecule has 106 valence electrons. The third-order valence-corrected chi connectivity index (χ3v) is 3.05. The van der Waals surface area contributed by atoms with E-state index < -0.39 is 6.10 Å². The fourth-order valence-electron chi connectivity index (χ4n) is 1.98. The Morgan fingerprint density at radius 3 is 2.74 bits per heavy atom. The quantitative estimate of drug-likeness (QED) is 0.815. The van der Waals surface area contributed by atoms with Crippen LogP contribution in [0.1, 0.15) is 25.0 Å². The molecule has 0 fully saturated rings. The topological polar surface area (TPSA) is 61.8 Å². The average Bonchev–Trinajstić information content (AvgIpc) is 2.42. The molecule has 0 bridgehead atoms. The summed E-state index contributed by atoms with van der Waals surface area (Å²) in [7, 11) is 5.09. The minimum absolute atomic E-state index is 0.00616. The molecule has 0 radical (unpaired) electrons. The van der Waals surface area contributed by atoms with Crippen LogP contribution >= 0.6 is 0 Å². The third-order valence-electron chi connectivity index (χ3n) is 3.05. The van der Waals surface area contributed by atoms with Crippen LogP contribution in [0.25, 0.3) is 0 Å². The third kappa shape index (κ3) is 3.86. The van der Waals surface area contributed by atoms with Crippen molar-refractivity contribution in [3.63, 3.8) is 0 Å². The molecule has 1 atom stereocenters. The minimum Gasteiger partial charge on any atom is -0.496 e. The first kappa shape index (κ1) is 15.3. The Morgan fingerprint density at radius 2 is 2.21 bits per heavy atom. The van der Waals surface area contributed by atoms with E-state index in [0.29, 0.717) is 18.7 Å². The fourth-order valence-corrected chi connectivity index (χ4v) is 1.98. The number of hydrogen-bond acceptors (Lipinski definition) is 4. The van der Waals surface area contributed by atoms with Gasteiger partial charge in [-0.3, -0.25) is 4.79 Å². The van der Waals surface area contributed by atoms with Crippen LogP contribution in [-0.4, -0.2) is 38.8 Å². The van der Waals surface area contributed by atoms with Crippen LogP contribution in [0.2, 0.25) is 0 Å². The highest BCUT2D eigenvalue weighted by Crippen LogP contribution is 2.34. The first-order valence-corrected chi connectivity index (χ1v) is 6.28. The van der Waals surface area contributed by atoms with Crippen LogP contribution in [0.15, 0.2) is 18.2 Å². The molecule has 0 aromatic heterocycles. The summed E-state index contributed by atoms with van der Waals surface area (Å²) in [5.74, 6) is 0.646. The Morgan fingerprint density at radius 1 is 1.53 bits per heavy atom. The number of nitrogens with one attached hydrogen (secondary N) is 1. The summed E-state index contributed by atoms with van der Waals surface area (Å²) in [6, 6.07) is 5.60. The van der Waals surface area contributed by atoms with Gasteiger partial charge in [0, 0.05) is 38.3 Å². The molecule has 1 aromatic rings. The van der Waals surface area contributed by atoms with Crippen molar-refractivity contribution in [2.75, 3.05) is 32.6 Å². The van der Waals surface area contributed by atoms with Crippen molar-refractivity contribution in [2.24, 2.45) is 0 Å². The number of ether oxygens (including phenoxy) is 1. The van der Waals surface area contributed by atoms with Gasteiger partial charge in [0.05, 0.1) is 13.2 Å². The van der Waals surface area contributed by atoms with Crippen molar-refractivity contribution in [2.45, 2.75) is 19.4 Å². The molecule has 0 saturated carbocycles. The molecular weight excluding hydrogens is 244 g/mol. The number of anilines is 1. The Bertz CT molecular complexity index is 433. The average molecular weight is 266 g/mol. The predicted octanol–water partition coefficient (Wildman–Crippen LogP) is 1.32. The first-order chi connectivity index (χ1) is 9.01. The number of benzene rings is 1. The number of hydrogen-bond donors (Lipinski definition) is 2. The van der Waals surface area contributed by atoms with Gasteiger partial charge in [-0.15, -0.1) is 0 Å². The first-order valence-electron chi connectivity index (χ1n) is 6.28. The zero-order valence-corrected chi connectivity index (χ0v) is 11.9. The second kappa shape index (κ2) is 6.99. The van der Waals surface area contributed by atoms with Gasteiger partial charge in [0.2, 0.25) is 5.91 Å². The molecule has 1 amide bonds. The number of aliphatic hydroxyl groups is 1. The summed E-state index contributed by atoms with van der Waals surface area (Å²) < 4.78 is 5.28. The molecule has 0 spiro atoms. The van der Waals surface area contributed by atoms with Gasteiger partial charge in [0.15, 0.2) is 0 Å². The SMILES string of the molecule is CNC(=O)CCN(C)c1cccc(OC)c1[C@@H](C)O. The van der Waals surface area contributed by atoms with E-state index in [1.807, 2.05) is 30.1 Å². The lowest BCUT2D eigenvalue weighted by atomic mass is 10.1. The van der Waals surface area contributed by atoms with Gasteiger partial charge < -0.3 is 20.1 Å². The zero-order valence-electron chi connectivity index (χ0n) is 11.9. The Balaban J connectivity index is 2.95. The van der Waals surface area contributed by atoms with E-state index in [1.54, 1.807) is 21.1 Å². The summed E-state index contributed by atoms with van der Waals surface area (Å²) in [5.41, 5.74) is 1.61. The molecule has 1 aromatic carbocycles. The van der Waals surface area contributed by atoms with Crippen LogP contribution in [0, 0.1) is 0 Å². The van der Waals surface area contributed by atoms with E-state index in [4.69, 9.17) is 4.74 Å². The van der Waals surface area contributed by atoms with Gasteiger partial charge in [-0.2, -0.15) is 0 Å². The fraction of sp³-hybridized carbons (Fsp3) is 0.500. The summed E-state index contributed by atoms with van der Waals surface area (Å²) in [6.07, 6.45) is -0.225. The van der Waals surface area contributed by atoms with Crippen molar-refractivity contribution in [1.82, 2.24) is 5.32 Å². The zero-order chi connectivity index (χ0) is 14.4. The summed E-state index contributed by atoms with van der Waals surface area (Å²) >= 11 is 0. The lowest BCUT2D eigenvalue weighted by Gasteiger charge is -2.24. The molecule has 1 rings (SSSR count). The Kier molecular flexibility index (Phi) is 5.63. The van der Waals surface area contributed by atoms with E-state index >= 15 is 0 Å². The maximum Gasteiger partial charge on any atom is 0.221 e. The monoisotopic (exact) mass is 266 g/mol. The molecule has 0 heterocycles. The van der Waals surface area contributed by atoms with Crippen molar-refractivity contribution < 1.29 is 14.6 Å². The number of rotatable bonds is 6. The second-order valence-corrected chi connectivity index (χ2v) is 4.41. The smallest absolute Gasteiger partial charge is 0.221 e. The lowest BCUT2D eigenvalue weighted by Crippen LogP contribution is -2.27. The van der Waals surface area contributed by atoms with Crippen molar-refractivity contribution in [1.29, 1.82) is 0 Å². The van der Waals surface area contributed by atoms with Crippen LogP contribution in [-0.2, 0) is 4.79 Å². The molecule has 0 aliphatic heterocycles. The van der Waals surface area contributed by atoms with Crippen molar-refractivity contribution in [3.8, 4) is 5.75 Å². The van der Waals surface area contributed by atoms with Crippen LogP contribution in [0.3, 0.4) is 0 Å². The van der Waals surface area contributed by atoms with Gasteiger partial charge >= 0.3 is 0 Å². The van der Waals surface area contributed by atoms with Crippen molar-refractivity contribution in [3.05, 3.63) is 23.8 Å². The highest BCUT2D eigenvalue weighted by Gasteiger charge is 2.17. The Hall–Kier alpha value is -1.75. The highest BCUT2D eigenvalue weighted by molar-refractivity contribution is 5.76.